The minimum atomic E-state index is -0.731. The lowest BCUT2D eigenvalue weighted by Gasteiger charge is -2.23. The molecule has 2 aromatic rings. The van der Waals surface area contributed by atoms with Crippen LogP contribution in [0.15, 0.2) is 24.3 Å². The molecule has 2 N–H and O–H groups in total. The average Bonchev–Trinajstić information content (AvgIpc) is 2.90. The summed E-state index contributed by atoms with van der Waals surface area (Å²) in [6.45, 7) is 5.51. The van der Waals surface area contributed by atoms with Crippen LogP contribution in [0.2, 0.25) is 0 Å². The van der Waals surface area contributed by atoms with Crippen LogP contribution in [0, 0.1) is 12.7 Å². The van der Waals surface area contributed by atoms with Crippen molar-refractivity contribution >= 4 is 11.7 Å². The first-order valence-electron chi connectivity index (χ1n) is 9.63. The van der Waals surface area contributed by atoms with Crippen LogP contribution in [0.25, 0.3) is 0 Å². The van der Waals surface area contributed by atoms with E-state index in [-0.39, 0.29) is 30.5 Å². The molecule has 1 heterocycles. The summed E-state index contributed by atoms with van der Waals surface area (Å²) in [5.41, 5.74) is 2.87. The van der Waals surface area contributed by atoms with Crippen molar-refractivity contribution in [1.82, 2.24) is 9.88 Å². The Hall–Kier alpha value is -2.47. The minimum Gasteiger partial charge on any atom is -0.394 e. The number of benzene rings is 1. The number of ketones is 1. The third-order valence-corrected chi connectivity index (χ3v) is 5.35. The number of rotatable bonds is 6. The van der Waals surface area contributed by atoms with Crippen molar-refractivity contribution < 1.29 is 19.1 Å². The molecule has 6 heteroatoms. The topological polar surface area (TPSA) is 71.3 Å². The number of hydrogen-bond donors (Lipinski definition) is 2. The number of aliphatic hydroxyl groups is 1. The fraction of sp³-hybridized carbons (Fsp3) is 0.455. The van der Waals surface area contributed by atoms with Crippen LogP contribution in [-0.2, 0) is 24.2 Å². The van der Waals surface area contributed by atoms with E-state index in [2.05, 4.69) is 5.32 Å². The van der Waals surface area contributed by atoms with E-state index in [1.165, 1.54) is 6.07 Å². The van der Waals surface area contributed by atoms with E-state index in [9.17, 15) is 19.1 Å². The zero-order valence-electron chi connectivity index (χ0n) is 16.6. The number of nitrogens with zero attached hydrogens (tertiary/aromatic N) is 1. The zero-order chi connectivity index (χ0) is 20.5. The molecular weight excluding hydrogens is 359 g/mol. The van der Waals surface area contributed by atoms with Crippen molar-refractivity contribution in [2.75, 3.05) is 6.61 Å². The smallest absolute Gasteiger partial charge is 0.225 e. The molecule has 1 aliphatic rings. The van der Waals surface area contributed by atoms with Gasteiger partial charge in [-0.05, 0) is 45.2 Å². The van der Waals surface area contributed by atoms with E-state index in [1.807, 2.05) is 11.5 Å². The lowest BCUT2D eigenvalue weighted by molar-refractivity contribution is -0.122. The van der Waals surface area contributed by atoms with Crippen LogP contribution in [0.1, 0.15) is 59.6 Å². The number of carbonyl (C=O) groups is 2. The van der Waals surface area contributed by atoms with E-state index in [0.29, 0.717) is 29.7 Å². The Morgan fingerprint density at radius 2 is 2.00 bits per heavy atom. The van der Waals surface area contributed by atoms with Gasteiger partial charge in [-0.1, -0.05) is 18.2 Å². The van der Waals surface area contributed by atoms with Crippen LogP contribution in [0.5, 0.6) is 0 Å². The van der Waals surface area contributed by atoms with Gasteiger partial charge in [-0.15, -0.1) is 0 Å². The minimum absolute atomic E-state index is 0.0425. The van der Waals surface area contributed by atoms with Crippen molar-refractivity contribution in [3.63, 3.8) is 0 Å². The summed E-state index contributed by atoms with van der Waals surface area (Å²) in [4.78, 5) is 25.2. The molecule has 0 saturated heterocycles. The van der Waals surface area contributed by atoms with Gasteiger partial charge in [-0.25, -0.2) is 4.39 Å². The van der Waals surface area contributed by atoms with Gasteiger partial charge in [0.2, 0.25) is 5.91 Å². The average molecular weight is 386 g/mol. The normalized spacial score (nSPS) is 14.1. The molecule has 1 aromatic carbocycles. The van der Waals surface area contributed by atoms with Crippen molar-refractivity contribution in [1.29, 1.82) is 0 Å². The van der Waals surface area contributed by atoms with Gasteiger partial charge in [-0.2, -0.15) is 0 Å². The van der Waals surface area contributed by atoms with Gasteiger partial charge in [0.15, 0.2) is 5.78 Å². The van der Waals surface area contributed by atoms with Crippen LogP contribution in [-0.4, -0.2) is 33.5 Å². The molecule has 28 heavy (non-hydrogen) atoms. The first-order valence-corrected chi connectivity index (χ1v) is 9.63. The van der Waals surface area contributed by atoms with Crippen LogP contribution < -0.4 is 5.32 Å². The number of carbonyl (C=O) groups excluding carboxylic acids is 2. The SMILES string of the molecule is Cc1c(CC(=O)NC(C)(C)CO)c2c(n1Cc1ccccc1F)CCCC2=O. The summed E-state index contributed by atoms with van der Waals surface area (Å²) in [7, 11) is 0. The lowest BCUT2D eigenvalue weighted by Crippen LogP contribution is -2.47. The molecule has 0 aliphatic heterocycles. The molecule has 0 radical (unpaired) electrons. The second kappa shape index (κ2) is 7.87. The predicted molar refractivity (Wildman–Crippen MR) is 105 cm³/mol. The van der Waals surface area contributed by atoms with Gasteiger partial charge in [0.05, 0.1) is 25.1 Å². The molecule has 1 aromatic heterocycles. The molecule has 1 amide bonds. The van der Waals surface area contributed by atoms with Gasteiger partial charge < -0.3 is 15.0 Å². The number of fused-ring (bicyclic) bond motifs is 1. The Bertz CT molecular complexity index is 915. The van der Waals surface area contributed by atoms with Gasteiger partial charge in [0.1, 0.15) is 5.82 Å². The summed E-state index contributed by atoms with van der Waals surface area (Å²) in [6, 6.07) is 6.61. The van der Waals surface area contributed by atoms with Gasteiger partial charge >= 0.3 is 0 Å². The highest BCUT2D eigenvalue weighted by atomic mass is 19.1. The van der Waals surface area contributed by atoms with Gasteiger partial charge in [-0.3, -0.25) is 9.59 Å². The maximum Gasteiger partial charge on any atom is 0.225 e. The van der Waals surface area contributed by atoms with Crippen molar-refractivity contribution in [2.45, 2.75) is 58.5 Å². The third-order valence-electron chi connectivity index (χ3n) is 5.35. The highest BCUT2D eigenvalue weighted by Crippen LogP contribution is 2.31. The fourth-order valence-corrected chi connectivity index (χ4v) is 3.83. The number of aromatic nitrogens is 1. The molecule has 0 unspecified atom stereocenters. The van der Waals surface area contributed by atoms with E-state index in [4.69, 9.17) is 0 Å². The second-order valence-electron chi connectivity index (χ2n) is 8.11. The molecule has 0 fully saturated rings. The molecular formula is C22H27FN2O3. The fourth-order valence-electron chi connectivity index (χ4n) is 3.83. The Kier molecular flexibility index (Phi) is 5.70. The Balaban J connectivity index is 1.99. The summed E-state index contributed by atoms with van der Waals surface area (Å²) < 4.78 is 16.2. The second-order valence-corrected chi connectivity index (χ2v) is 8.11. The quantitative estimate of drug-likeness (QED) is 0.802. The van der Waals surface area contributed by atoms with E-state index in [1.54, 1.807) is 32.0 Å². The van der Waals surface area contributed by atoms with E-state index in [0.717, 1.165) is 24.2 Å². The predicted octanol–water partition coefficient (Wildman–Crippen LogP) is 2.93. The van der Waals surface area contributed by atoms with Gasteiger partial charge in [0.25, 0.3) is 0 Å². The number of aliphatic hydroxyl groups excluding tert-OH is 1. The number of hydrogen-bond acceptors (Lipinski definition) is 3. The van der Waals surface area contributed by atoms with E-state index >= 15 is 0 Å². The maximum absolute atomic E-state index is 14.2. The zero-order valence-corrected chi connectivity index (χ0v) is 16.6. The monoisotopic (exact) mass is 386 g/mol. The first kappa shape index (κ1) is 20.3. The molecule has 1 aliphatic carbocycles. The summed E-state index contributed by atoms with van der Waals surface area (Å²) in [5, 5.41) is 12.2. The number of nitrogens with one attached hydrogen (secondary N) is 1. The third kappa shape index (κ3) is 4.02. The Morgan fingerprint density at radius 1 is 1.29 bits per heavy atom. The lowest BCUT2D eigenvalue weighted by atomic mass is 9.91. The van der Waals surface area contributed by atoms with E-state index < -0.39 is 5.54 Å². The number of amides is 1. The summed E-state index contributed by atoms with van der Waals surface area (Å²) in [6.07, 6.45) is 2.02. The summed E-state index contributed by atoms with van der Waals surface area (Å²) in [5.74, 6) is -0.484. The highest BCUT2D eigenvalue weighted by molar-refractivity contribution is 6.01. The van der Waals surface area contributed by atoms with Crippen molar-refractivity contribution in [3.8, 4) is 0 Å². The Labute approximate surface area is 164 Å². The number of Topliss-reactive ketones (excluding diaryl/α,β-unsaturated/α-hetero) is 1. The van der Waals surface area contributed by atoms with Gasteiger partial charge in [0, 0.05) is 28.9 Å². The van der Waals surface area contributed by atoms with Crippen LogP contribution in [0.3, 0.4) is 0 Å². The molecule has 0 saturated carbocycles. The first-order chi connectivity index (χ1) is 13.2. The van der Waals surface area contributed by atoms with Crippen LogP contribution in [0.4, 0.5) is 4.39 Å². The molecule has 150 valence electrons. The standard InChI is InChI=1S/C22H27FN2O3/c1-14-16(11-20(28)24-22(2,3)13-26)21-18(9-6-10-19(21)27)25(14)12-15-7-4-5-8-17(15)23/h4-5,7-8,26H,6,9-13H2,1-3H3,(H,24,28). The highest BCUT2D eigenvalue weighted by Gasteiger charge is 2.30. The Morgan fingerprint density at radius 3 is 2.68 bits per heavy atom. The molecule has 5 nitrogen and oxygen atoms in total. The van der Waals surface area contributed by atoms with Crippen molar-refractivity contribution in [3.05, 3.63) is 58.2 Å². The molecule has 0 bridgehead atoms. The molecule has 0 atom stereocenters. The number of halogens is 1. The largest absolute Gasteiger partial charge is 0.394 e. The molecule has 3 rings (SSSR count). The van der Waals surface area contributed by atoms with Crippen LogP contribution >= 0.6 is 0 Å². The van der Waals surface area contributed by atoms with Crippen molar-refractivity contribution in [2.24, 2.45) is 0 Å². The summed E-state index contributed by atoms with van der Waals surface area (Å²) >= 11 is 0. The molecule has 0 spiro atoms. The maximum atomic E-state index is 14.2.